The van der Waals surface area contributed by atoms with Crippen LogP contribution in [-0.2, 0) is 10.5 Å². The van der Waals surface area contributed by atoms with Crippen molar-refractivity contribution in [3.05, 3.63) is 57.8 Å². The van der Waals surface area contributed by atoms with E-state index in [1.54, 1.807) is 30.6 Å². The van der Waals surface area contributed by atoms with Gasteiger partial charge in [-0.05, 0) is 36.6 Å². The van der Waals surface area contributed by atoms with Gasteiger partial charge in [-0.1, -0.05) is 17.7 Å². The lowest BCUT2D eigenvalue weighted by molar-refractivity contribution is -0.116. The Labute approximate surface area is 145 Å². The van der Waals surface area contributed by atoms with Gasteiger partial charge in [-0.25, -0.2) is 0 Å². The van der Waals surface area contributed by atoms with Gasteiger partial charge in [0.2, 0.25) is 5.91 Å². The monoisotopic (exact) mass is 347 g/mol. The van der Waals surface area contributed by atoms with Crippen molar-refractivity contribution in [1.29, 1.82) is 0 Å². The maximum atomic E-state index is 11.8. The Morgan fingerprint density at radius 3 is 3.00 bits per heavy atom. The second-order valence-electron chi connectivity index (χ2n) is 5.00. The van der Waals surface area contributed by atoms with Gasteiger partial charge in [0.15, 0.2) is 0 Å². The molecule has 0 saturated carbocycles. The molecule has 23 heavy (non-hydrogen) atoms. The molecular formula is C18H21NO2S2. The van der Waals surface area contributed by atoms with E-state index in [2.05, 4.69) is 22.8 Å². The predicted molar refractivity (Wildman–Crippen MR) is 100 cm³/mol. The summed E-state index contributed by atoms with van der Waals surface area (Å²) in [6, 6.07) is 10.1. The first-order chi connectivity index (χ1) is 11.2. The molecule has 0 saturated heterocycles. The second-order valence-corrected chi connectivity index (χ2v) is 7.14. The summed E-state index contributed by atoms with van der Waals surface area (Å²) in [6.07, 6.45) is 3.35. The molecular weight excluding hydrogens is 326 g/mol. The largest absolute Gasteiger partial charge is 0.496 e. The smallest absolute Gasteiger partial charge is 0.244 e. The molecule has 2 rings (SSSR count). The Bertz CT molecular complexity index is 651. The first kappa shape index (κ1) is 17.6. The number of carbonyl (C=O) groups excluding carboxylic acids is 1. The normalized spacial score (nSPS) is 10.9. The van der Waals surface area contributed by atoms with Crippen LogP contribution in [0.1, 0.15) is 16.0 Å². The van der Waals surface area contributed by atoms with Gasteiger partial charge in [0.05, 0.1) is 7.11 Å². The van der Waals surface area contributed by atoms with Gasteiger partial charge in [0, 0.05) is 34.6 Å². The summed E-state index contributed by atoms with van der Waals surface area (Å²) in [4.78, 5) is 13.2. The van der Waals surface area contributed by atoms with Gasteiger partial charge in [0.25, 0.3) is 0 Å². The van der Waals surface area contributed by atoms with Crippen molar-refractivity contribution < 1.29 is 9.53 Å². The van der Waals surface area contributed by atoms with Gasteiger partial charge >= 0.3 is 0 Å². The summed E-state index contributed by atoms with van der Waals surface area (Å²) in [7, 11) is 1.63. The quantitative estimate of drug-likeness (QED) is 0.576. The van der Waals surface area contributed by atoms with E-state index < -0.39 is 0 Å². The number of nitrogens with one attached hydrogen (secondary N) is 1. The van der Waals surface area contributed by atoms with Crippen molar-refractivity contribution in [3.63, 3.8) is 0 Å². The van der Waals surface area contributed by atoms with E-state index in [0.717, 1.165) is 28.4 Å². The molecule has 0 fully saturated rings. The Hall–Kier alpha value is -1.72. The van der Waals surface area contributed by atoms with Crippen LogP contribution in [0, 0.1) is 6.92 Å². The molecule has 0 aliphatic carbocycles. The molecule has 0 aliphatic heterocycles. The molecule has 1 amide bonds. The van der Waals surface area contributed by atoms with Crippen LogP contribution in [-0.4, -0.2) is 25.3 Å². The standard InChI is InChI=1S/C18H21NO2S2/c1-14-5-7-17(21-2)15(12-14)6-8-18(20)19-9-11-22-13-16-4-3-10-23-16/h3-8,10,12H,9,11,13H2,1-2H3,(H,19,20)/b8-6+. The van der Waals surface area contributed by atoms with E-state index in [4.69, 9.17) is 4.74 Å². The SMILES string of the molecule is COc1ccc(C)cc1/C=C/C(=O)NCCSCc1cccs1. The zero-order valence-electron chi connectivity index (χ0n) is 13.4. The third-order valence-corrected chi connectivity index (χ3v) is 5.24. The lowest BCUT2D eigenvalue weighted by atomic mass is 10.1. The van der Waals surface area contributed by atoms with Gasteiger partial charge in [0.1, 0.15) is 5.75 Å². The van der Waals surface area contributed by atoms with Crippen LogP contribution in [0.25, 0.3) is 6.08 Å². The van der Waals surface area contributed by atoms with E-state index in [1.165, 1.54) is 4.88 Å². The Kier molecular flexibility index (Phi) is 7.23. The number of aryl methyl sites for hydroxylation is 1. The van der Waals surface area contributed by atoms with E-state index in [0.29, 0.717) is 6.54 Å². The maximum absolute atomic E-state index is 11.8. The van der Waals surface area contributed by atoms with Crippen molar-refractivity contribution in [2.24, 2.45) is 0 Å². The topological polar surface area (TPSA) is 38.3 Å². The maximum Gasteiger partial charge on any atom is 0.244 e. The fraction of sp³-hybridized carbons (Fsp3) is 0.278. The third-order valence-electron chi connectivity index (χ3n) is 3.17. The molecule has 1 N–H and O–H groups in total. The number of thioether (sulfide) groups is 1. The molecule has 0 spiro atoms. The van der Waals surface area contributed by atoms with Gasteiger partial charge < -0.3 is 10.1 Å². The highest BCUT2D eigenvalue weighted by molar-refractivity contribution is 7.98. The fourth-order valence-corrected chi connectivity index (χ4v) is 3.72. The van der Waals surface area contributed by atoms with Crippen LogP contribution in [0.15, 0.2) is 41.8 Å². The van der Waals surface area contributed by atoms with Gasteiger partial charge in [-0.2, -0.15) is 11.8 Å². The summed E-state index contributed by atoms with van der Waals surface area (Å²) >= 11 is 3.59. The number of hydrogen-bond acceptors (Lipinski definition) is 4. The van der Waals surface area contributed by atoms with E-state index in [9.17, 15) is 4.79 Å². The highest BCUT2D eigenvalue weighted by Crippen LogP contribution is 2.21. The van der Waals surface area contributed by atoms with Crippen LogP contribution in [0.4, 0.5) is 0 Å². The van der Waals surface area contributed by atoms with E-state index >= 15 is 0 Å². The van der Waals surface area contributed by atoms with E-state index in [1.807, 2.05) is 36.9 Å². The average Bonchev–Trinajstić information content (AvgIpc) is 3.06. The molecule has 2 aromatic rings. The van der Waals surface area contributed by atoms with Crippen LogP contribution in [0.2, 0.25) is 0 Å². The predicted octanol–water partition coefficient (Wildman–Crippen LogP) is 4.13. The molecule has 0 atom stereocenters. The minimum Gasteiger partial charge on any atom is -0.496 e. The number of hydrogen-bond donors (Lipinski definition) is 1. The lowest BCUT2D eigenvalue weighted by Crippen LogP contribution is -2.23. The second kappa shape index (κ2) is 9.43. The number of methoxy groups -OCH3 is 1. The Morgan fingerprint density at radius 1 is 1.39 bits per heavy atom. The number of amides is 1. The summed E-state index contributed by atoms with van der Waals surface area (Å²) in [6.45, 7) is 2.69. The van der Waals surface area contributed by atoms with Gasteiger partial charge in [-0.15, -0.1) is 11.3 Å². The summed E-state index contributed by atoms with van der Waals surface area (Å²) in [5, 5.41) is 4.99. The molecule has 1 heterocycles. The molecule has 5 heteroatoms. The molecule has 0 unspecified atom stereocenters. The number of carbonyl (C=O) groups is 1. The number of benzene rings is 1. The molecule has 3 nitrogen and oxygen atoms in total. The zero-order chi connectivity index (χ0) is 16.5. The summed E-state index contributed by atoms with van der Waals surface area (Å²) in [5.74, 6) is 2.60. The van der Waals surface area contributed by atoms with Crippen molar-refractivity contribution in [3.8, 4) is 5.75 Å². The van der Waals surface area contributed by atoms with Crippen LogP contribution < -0.4 is 10.1 Å². The van der Waals surface area contributed by atoms with Crippen molar-refractivity contribution in [2.45, 2.75) is 12.7 Å². The third kappa shape index (κ3) is 6.12. The van der Waals surface area contributed by atoms with Gasteiger partial charge in [-0.3, -0.25) is 4.79 Å². The average molecular weight is 348 g/mol. The zero-order valence-corrected chi connectivity index (χ0v) is 15.0. The first-order valence-electron chi connectivity index (χ1n) is 7.39. The molecule has 0 radical (unpaired) electrons. The lowest BCUT2D eigenvalue weighted by Gasteiger charge is -2.06. The number of rotatable bonds is 8. The van der Waals surface area contributed by atoms with Crippen LogP contribution in [0.5, 0.6) is 5.75 Å². The first-order valence-corrected chi connectivity index (χ1v) is 9.43. The van der Waals surface area contributed by atoms with Crippen molar-refractivity contribution >= 4 is 35.1 Å². The Balaban J connectivity index is 1.73. The van der Waals surface area contributed by atoms with E-state index in [-0.39, 0.29) is 5.91 Å². The van der Waals surface area contributed by atoms with Crippen LogP contribution >= 0.6 is 23.1 Å². The molecule has 0 aliphatic rings. The van der Waals surface area contributed by atoms with Crippen LogP contribution in [0.3, 0.4) is 0 Å². The summed E-state index contributed by atoms with van der Waals surface area (Å²) < 4.78 is 5.30. The highest BCUT2D eigenvalue weighted by atomic mass is 32.2. The molecule has 0 bridgehead atoms. The Morgan fingerprint density at radius 2 is 2.26 bits per heavy atom. The fourth-order valence-electron chi connectivity index (χ4n) is 2.02. The van der Waals surface area contributed by atoms with Crippen molar-refractivity contribution in [2.75, 3.05) is 19.4 Å². The minimum absolute atomic E-state index is 0.0784. The summed E-state index contributed by atoms with van der Waals surface area (Å²) in [5.41, 5.74) is 2.05. The molecule has 1 aromatic carbocycles. The highest BCUT2D eigenvalue weighted by Gasteiger charge is 2.01. The number of ether oxygens (including phenoxy) is 1. The molecule has 1 aromatic heterocycles. The minimum atomic E-state index is -0.0784. The molecule has 122 valence electrons. The number of thiophene rings is 1. The van der Waals surface area contributed by atoms with Crippen molar-refractivity contribution in [1.82, 2.24) is 5.32 Å².